The van der Waals surface area contributed by atoms with Gasteiger partial charge in [-0.15, -0.1) is 0 Å². The van der Waals surface area contributed by atoms with E-state index < -0.39 is 22.4 Å². The van der Waals surface area contributed by atoms with Crippen LogP contribution in [0, 0.1) is 0 Å². The van der Waals surface area contributed by atoms with Crippen LogP contribution in [0.5, 0.6) is 11.5 Å². The molecule has 0 atom stereocenters. The van der Waals surface area contributed by atoms with Crippen molar-refractivity contribution in [2.45, 2.75) is 4.90 Å². The second kappa shape index (κ2) is 6.15. The topological polar surface area (TPSA) is 93.1 Å². The number of benzene rings is 2. The van der Waals surface area contributed by atoms with Gasteiger partial charge < -0.3 is 14.6 Å². The van der Waals surface area contributed by atoms with Crippen LogP contribution >= 0.6 is 0 Å². The highest BCUT2D eigenvalue weighted by Gasteiger charge is 2.38. The number of allylic oxidation sites excluding steroid dienone is 1. The predicted molar refractivity (Wildman–Crippen MR) is 92.3 cm³/mol. The van der Waals surface area contributed by atoms with E-state index in [-0.39, 0.29) is 29.5 Å². The third kappa shape index (κ3) is 2.54. The Morgan fingerprint density at radius 1 is 1.12 bits per heavy atom. The van der Waals surface area contributed by atoms with Crippen molar-refractivity contribution in [3.05, 3.63) is 59.3 Å². The fraction of sp³-hybridized carbons (Fsp3) is 0.167. The molecule has 2 aromatic rings. The first kappa shape index (κ1) is 16.6. The summed E-state index contributed by atoms with van der Waals surface area (Å²) in [7, 11) is -3.93. The van der Waals surface area contributed by atoms with Crippen LogP contribution < -0.4 is 9.47 Å². The van der Waals surface area contributed by atoms with Crippen LogP contribution in [0.25, 0.3) is 6.08 Å². The average Bonchev–Trinajstić information content (AvgIpc) is 3.11. The molecular formula is C18H15NO6S. The molecule has 2 aromatic carbocycles. The number of hydrogen-bond acceptors (Lipinski definition) is 6. The van der Waals surface area contributed by atoms with Crippen LogP contribution in [0.3, 0.4) is 0 Å². The summed E-state index contributed by atoms with van der Waals surface area (Å²) >= 11 is 0. The molecular weight excluding hydrogens is 358 g/mol. The summed E-state index contributed by atoms with van der Waals surface area (Å²) < 4.78 is 37.3. The van der Waals surface area contributed by atoms with Crippen LogP contribution in [0.2, 0.25) is 0 Å². The van der Waals surface area contributed by atoms with E-state index >= 15 is 0 Å². The highest BCUT2D eigenvalue weighted by atomic mass is 32.2. The van der Waals surface area contributed by atoms with Gasteiger partial charge in [0.2, 0.25) is 12.6 Å². The molecule has 0 unspecified atom stereocenters. The Balaban J connectivity index is 1.87. The number of Topliss-reactive ketones (excluding diaryl/α,β-unsaturated/α-hetero) is 1. The quantitative estimate of drug-likeness (QED) is 0.822. The van der Waals surface area contributed by atoms with Gasteiger partial charge in [0, 0.05) is 5.56 Å². The van der Waals surface area contributed by atoms with E-state index in [1.54, 1.807) is 30.3 Å². The molecule has 4 rings (SSSR count). The zero-order valence-corrected chi connectivity index (χ0v) is 14.4. The van der Waals surface area contributed by atoms with Crippen LogP contribution in [-0.4, -0.2) is 43.6 Å². The Bertz CT molecular complexity index is 1030. The lowest BCUT2D eigenvalue weighted by Crippen LogP contribution is -2.40. The lowest BCUT2D eigenvalue weighted by molar-refractivity contribution is 0.0998. The number of aliphatic hydroxyl groups excluding tert-OH is 1. The maximum atomic E-state index is 12.9. The van der Waals surface area contributed by atoms with Gasteiger partial charge in [-0.3, -0.25) is 9.10 Å². The molecule has 2 aliphatic rings. The van der Waals surface area contributed by atoms with Crippen LogP contribution in [0.15, 0.2) is 53.1 Å². The highest BCUT2D eigenvalue weighted by Crippen LogP contribution is 2.36. The van der Waals surface area contributed by atoms with E-state index in [9.17, 15) is 18.3 Å². The minimum atomic E-state index is -3.93. The molecule has 7 nitrogen and oxygen atoms in total. The summed E-state index contributed by atoms with van der Waals surface area (Å²) in [5.74, 6) is 0.702. The maximum Gasteiger partial charge on any atom is 0.265 e. The minimum absolute atomic E-state index is 0.0170. The number of nitrogens with zero attached hydrogens (tertiary/aromatic N) is 1. The first-order chi connectivity index (χ1) is 12.5. The number of sulfonamides is 1. The summed E-state index contributed by atoms with van der Waals surface area (Å²) in [5, 5.41) is 9.31. The number of β-amino-alcohol motifs (C(OH)–C–C–N with tert-alkyl or cyclic N) is 1. The SMILES string of the molecule is O=C1/C(=C\c2ccc3c(c2)OCO3)N(CCO)S(=O)(=O)c2ccccc21. The highest BCUT2D eigenvalue weighted by molar-refractivity contribution is 7.89. The van der Waals surface area contributed by atoms with Gasteiger partial charge in [0.15, 0.2) is 11.5 Å². The third-order valence-electron chi connectivity index (χ3n) is 4.20. The molecule has 26 heavy (non-hydrogen) atoms. The lowest BCUT2D eigenvalue weighted by Gasteiger charge is -2.30. The summed E-state index contributed by atoms with van der Waals surface area (Å²) in [6.07, 6.45) is 1.48. The third-order valence-corrected chi connectivity index (χ3v) is 6.08. The van der Waals surface area contributed by atoms with Gasteiger partial charge in [0.1, 0.15) is 5.70 Å². The van der Waals surface area contributed by atoms with Gasteiger partial charge in [-0.2, -0.15) is 0 Å². The number of ether oxygens (including phenoxy) is 2. The monoisotopic (exact) mass is 373 g/mol. The van der Waals surface area contributed by atoms with Crippen LogP contribution in [-0.2, 0) is 10.0 Å². The van der Waals surface area contributed by atoms with Gasteiger partial charge in [0.05, 0.1) is 18.0 Å². The molecule has 0 amide bonds. The van der Waals surface area contributed by atoms with Gasteiger partial charge in [-0.05, 0) is 35.9 Å². The molecule has 0 saturated carbocycles. The van der Waals surface area contributed by atoms with Crippen molar-refractivity contribution in [1.29, 1.82) is 0 Å². The molecule has 2 heterocycles. The Morgan fingerprint density at radius 3 is 2.69 bits per heavy atom. The van der Waals surface area contributed by atoms with Crippen molar-refractivity contribution in [2.75, 3.05) is 19.9 Å². The standard InChI is InChI=1S/C18H15NO6S/c20-8-7-19-14(9-12-5-6-15-16(10-12)25-11-24-15)18(21)13-3-1-2-4-17(13)26(19,22)23/h1-6,9-10,20H,7-8,11H2/b14-9+. The molecule has 134 valence electrons. The molecule has 0 aliphatic carbocycles. The first-order valence-corrected chi connectivity index (χ1v) is 9.35. The number of hydrogen-bond donors (Lipinski definition) is 1. The lowest BCUT2D eigenvalue weighted by atomic mass is 10.0. The van der Waals surface area contributed by atoms with Crippen molar-refractivity contribution in [2.24, 2.45) is 0 Å². The number of ketones is 1. The fourth-order valence-electron chi connectivity index (χ4n) is 3.01. The van der Waals surface area contributed by atoms with Crippen molar-refractivity contribution in [3.8, 4) is 11.5 Å². The second-order valence-electron chi connectivity index (χ2n) is 5.77. The Kier molecular flexibility index (Phi) is 3.93. The maximum absolute atomic E-state index is 12.9. The van der Waals surface area contributed by atoms with E-state index in [0.717, 1.165) is 4.31 Å². The van der Waals surface area contributed by atoms with Gasteiger partial charge in [0.25, 0.3) is 10.0 Å². The van der Waals surface area contributed by atoms with E-state index in [1.807, 2.05) is 0 Å². The Morgan fingerprint density at radius 2 is 1.88 bits per heavy atom. The molecule has 0 radical (unpaired) electrons. The molecule has 0 fully saturated rings. The van der Waals surface area contributed by atoms with E-state index in [0.29, 0.717) is 17.1 Å². The fourth-order valence-corrected chi connectivity index (χ4v) is 4.65. The molecule has 0 bridgehead atoms. The van der Waals surface area contributed by atoms with Gasteiger partial charge in [-0.1, -0.05) is 18.2 Å². The van der Waals surface area contributed by atoms with Crippen molar-refractivity contribution in [3.63, 3.8) is 0 Å². The minimum Gasteiger partial charge on any atom is -0.454 e. The zero-order chi connectivity index (χ0) is 18.3. The summed E-state index contributed by atoms with van der Waals surface area (Å²) in [4.78, 5) is 12.9. The van der Waals surface area contributed by atoms with E-state index in [4.69, 9.17) is 9.47 Å². The summed E-state index contributed by atoms with van der Waals surface area (Å²) in [6, 6.07) is 11.1. The molecule has 1 N–H and O–H groups in total. The predicted octanol–water partition coefficient (Wildman–Crippen LogP) is 1.64. The van der Waals surface area contributed by atoms with Crippen LogP contribution in [0.1, 0.15) is 15.9 Å². The molecule has 0 saturated heterocycles. The van der Waals surface area contributed by atoms with Crippen molar-refractivity contribution < 1.29 is 27.8 Å². The largest absolute Gasteiger partial charge is 0.454 e. The van der Waals surface area contributed by atoms with E-state index in [2.05, 4.69) is 0 Å². The molecule has 0 spiro atoms. The van der Waals surface area contributed by atoms with E-state index in [1.165, 1.54) is 18.2 Å². The summed E-state index contributed by atoms with van der Waals surface area (Å²) in [5.41, 5.74) is 0.695. The van der Waals surface area contributed by atoms with Crippen molar-refractivity contribution in [1.82, 2.24) is 4.31 Å². The number of carbonyl (C=O) groups excluding carboxylic acids is 1. The molecule has 2 aliphatic heterocycles. The summed E-state index contributed by atoms with van der Waals surface area (Å²) in [6.45, 7) is -0.501. The van der Waals surface area contributed by atoms with Crippen molar-refractivity contribution >= 4 is 21.9 Å². The number of aliphatic hydroxyl groups is 1. The first-order valence-electron chi connectivity index (χ1n) is 7.91. The Labute approximate surface area is 150 Å². The number of rotatable bonds is 3. The van der Waals surface area contributed by atoms with Gasteiger partial charge >= 0.3 is 0 Å². The van der Waals surface area contributed by atoms with Gasteiger partial charge in [-0.25, -0.2) is 8.42 Å². The second-order valence-corrected chi connectivity index (χ2v) is 7.60. The molecule has 0 aromatic heterocycles. The normalized spacial score (nSPS) is 18.9. The number of carbonyl (C=O) groups is 1. The molecule has 8 heteroatoms. The Hall–Kier alpha value is -2.84. The average molecular weight is 373 g/mol. The smallest absolute Gasteiger partial charge is 0.265 e. The van der Waals surface area contributed by atoms with Crippen LogP contribution in [0.4, 0.5) is 0 Å². The zero-order valence-electron chi connectivity index (χ0n) is 13.6. The number of fused-ring (bicyclic) bond motifs is 2.